The molecule has 0 saturated heterocycles. The zero-order valence-electron chi connectivity index (χ0n) is 10.0. The van der Waals surface area contributed by atoms with Crippen molar-refractivity contribution in [3.63, 3.8) is 0 Å². The fraction of sp³-hybridized carbons (Fsp3) is 1.00. The molecule has 0 rings (SSSR count). The molecule has 82 valence electrons. The number of nitrogens with zero attached hydrogens (tertiary/aromatic N) is 2. The van der Waals surface area contributed by atoms with E-state index in [2.05, 4.69) is 37.7 Å². The molecule has 0 aliphatic heterocycles. The number of nitrogens with two attached hydrogens (primary N) is 1. The lowest BCUT2D eigenvalue weighted by Gasteiger charge is -2.31. The first-order valence-electron chi connectivity index (χ1n) is 5.41. The van der Waals surface area contributed by atoms with Gasteiger partial charge in [-0.25, -0.2) is 10.0 Å². The van der Waals surface area contributed by atoms with Crippen LogP contribution in [0.25, 0.3) is 0 Å². The minimum absolute atomic E-state index is 0.750. The van der Waals surface area contributed by atoms with Crippen molar-refractivity contribution in [2.24, 2.45) is 5.73 Å². The largest absolute Gasteiger partial charge is 0.331 e. The molecule has 0 fully saturated rings. The van der Waals surface area contributed by atoms with Crippen LogP contribution in [0.4, 0.5) is 0 Å². The van der Waals surface area contributed by atoms with Gasteiger partial charge in [-0.2, -0.15) is 0 Å². The normalized spacial score (nSPS) is 10.2. The first kappa shape index (κ1) is 15.4. The van der Waals surface area contributed by atoms with Gasteiger partial charge in [-0.05, 0) is 6.54 Å². The lowest BCUT2D eigenvalue weighted by molar-refractivity contribution is -0.00652. The van der Waals surface area contributed by atoms with Crippen LogP contribution < -0.4 is 5.73 Å². The molecule has 0 heterocycles. The van der Waals surface area contributed by atoms with E-state index < -0.39 is 0 Å². The highest BCUT2D eigenvalue weighted by Gasteiger charge is 2.05. The predicted octanol–water partition coefficient (Wildman–Crippen LogP) is 1.55. The summed E-state index contributed by atoms with van der Waals surface area (Å²) >= 11 is 0. The third-order valence-electron chi connectivity index (χ3n) is 1.86. The monoisotopic (exact) mass is 189 g/mol. The Labute approximate surface area is 83.9 Å². The summed E-state index contributed by atoms with van der Waals surface area (Å²) < 4.78 is 0. The van der Waals surface area contributed by atoms with E-state index in [9.17, 15) is 0 Å². The molecule has 3 nitrogen and oxygen atoms in total. The lowest BCUT2D eigenvalue weighted by Crippen LogP contribution is -2.42. The van der Waals surface area contributed by atoms with Crippen molar-refractivity contribution >= 4 is 0 Å². The Bertz CT molecular complexity index is 68.2. The van der Waals surface area contributed by atoms with Crippen LogP contribution in [0.5, 0.6) is 0 Å². The molecule has 0 radical (unpaired) electrons. The highest BCUT2D eigenvalue weighted by molar-refractivity contribution is 4.48. The molecular weight excluding hydrogens is 162 g/mol. The van der Waals surface area contributed by atoms with Gasteiger partial charge < -0.3 is 5.73 Å². The molecule has 0 aromatic heterocycles. The molecule has 0 aromatic rings. The summed E-state index contributed by atoms with van der Waals surface area (Å²) in [6, 6.07) is 0. The summed E-state index contributed by atoms with van der Waals surface area (Å²) in [6.07, 6.45) is 0. The van der Waals surface area contributed by atoms with Gasteiger partial charge >= 0.3 is 0 Å². The lowest BCUT2D eigenvalue weighted by atomic mass is 10.5. The second kappa shape index (κ2) is 11.9. The summed E-state index contributed by atoms with van der Waals surface area (Å²) in [4.78, 5) is 0. The van der Waals surface area contributed by atoms with Gasteiger partial charge in [0, 0.05) is 26.2 Å². The van der Waals surface area contributed by atoms with Crippen LogP contribution in [0.2, 0.25) is 0 Å². The van der Waals surface area contributed by atoms with Crippen molar-refractivity contribution in [2.45, 2.75) is 34.6 Å². The first-order valence-corrected chi connectivity index (χ1v) is 5.41. The van der Waals surface area contributed by atoms with Crippen molar-refractivity contribution < 1.29 is 0 Å². The topological polar surface area (TPSA) is 32.5 Å². The molecular formula is C10H27N3. The molecule has 0 amide bonds. The average Bonchev–Trinajstić information content (AvgIpc) is 2.15. The Morgan fingerprint density at radius 1 is 0.692 bits per heavy atom. The number of hydrogen-bond donors (Lipinski definition) is 1. The Balaban J connectivity index is 0. The summed E-state index contributed by atoms with van der Waals surface area (Å²) in [7, 11) is 0. The first-order chi connectivity index (χ1) is 6.21. The van der Waals surface area contributed by atoms with Crippen LogP contribution >= 0.6 is 0 Å². The zero-order valence-corrected chi connectivity index (χ0v) is 10.0. The van der Waals surface area contributed by atoms with Gasteiger partial charge in [0.05, 0.1) is 0 Å². The van der Waals surface area contributed by atoms with Crippen LogP contribution in [0, 0.1) is 0 Å². The zero-order chi connectivity index (χ0) is 10.7. The van der Waals surface area contributed by atoms with Crippen LogP contribution in [0.1, 0.15) is 34.6 Å². The van der Waals surface area contributed by atoms with Crippen LogP contribution in [0.15, 0.2) is 0 Å². The van der Waals surface area contributed by atoms with E-state index in [-0.39, 0.29) is 0 Å². The highest BCUT2D eigenvalue weighted by atomic mass is 15.6. The highest BCUT2D eigenvalue weighted by Crippen LogP contribution is 1.95. The van der Waals surface area contributed by atoms with Crippen molar-refractivity contribution in [1.82, 2.24) is 10.0 Å². The third-order valence-corrected chi connectivity index (χ3v) is 1.86. The fourth-order valence-corrected chi connectivity index (χ4v) is 1.25. The molecule has 0 spiro atoms. The smallest absolute Gasteiger partial charge is 0.0104 e. The number of rotatable bonds is 5. The van der Waals surface area contributed by atoms with Gasteiger partial charge in [0.15, 0.2) is 0 Å². The molecule has 0 unspecified atom stereocenters. The van der Waals surface area contributed by atoms with Crippen molar-refractivity contribution in [1.29, 1.82) is 0 Å². The summed E-state index contributed by atoms with van der Waals surface area (Å²) in [6.45, 7) is 15.9. The Morgan fingerprint density at radius 2 is 0.846 bits per heavy atom. The molecule has 13 heavy (non-hydrogen) atoms. The average molecular weight is 189 g/mol. The third kappa shape index (κ3) is 8.22. The van der Waals surface area contributed by atoms with Crippen LogP contribution in [-0.4, -0.2) is 42.7 Å². The molecule has 3 heteroatoms. The van der Waals surface area contributed by atoms with E-state index in [1.807, 2.05) is 6.92 Å². The number of hydrazine groups is 1. The molecule has 2 N–H and O–H groups in total. The van der Waals surface area contributed by atoms with Gasteiger partial charge in [0.1, 0.15) is 0 Å². The maximum Gasteiger partial charge on any atom is 0.0104 e. The van der Waals surface area contributed by atoms with Gasteiger partial charge in [0.25, 0.3) is 0 Å². The van der Waals surface area contributed by atoms with Crippen molar-refractivity contribution in [3.05, 3.63) is 0 Å². The quantitative estimate of drug-likeness (QED) is 0.666. The van der Waals surface area contributed by atoms with Crippen LogP contribution in [-0.2, 0) is 0 Å². The van der Waals surface area contributed by atoms with Gasteiger partial charge in [0.2, 0.25) is 0 Å². The standard InChI is InChI=1S/C8H20N2.C2H7N/c1-5-9(6-2)10(7-3)8-4;1-2-3/h5-8H2,1-4H3;2-3H2,1H3. The SMILES string of the molecule is CCN.CCN(CC)N(CC)CC. The van der Waals surface area contributed by atoms with Crippen molar-refractivity contribution in [2.75, 3.05) is 32.7 Å². The van der Waals surface area contributed by atoms with E-state index in [1.54, 1.807) is 0 Å². The minimum atomic E-state index is 0.750. The Hall–Kier alpha value is -0.120. The minimum Gasteiger partial charge on any atom is -0.331 e. The molecule has 0 aliphatic rings. The predicted molar refractivity (Wildman–Crippen MR) is 60.6 cm³/mol. The molecule has 0 atom stereocenters. The van der Waals surface area contributed by atoms with Crippen LogP contribution in [0.3, 0.4) is 0 Å². The molecule has 0 aliphatic carbocycles. The van der Waals surface area contributed by atoms with E-state index in [4.69, 9.17) is 5.73 Å². The summed E-state index contributed by atoms with van der Waals surface area (Å²) in [5.41, 5.74) is 4.85. The molecule has 0 bridgehead atoms. The Kier molecular flexibility index (Phi) is 14.0. The van der Waals surface area contributed by atoms with E-state index in [0.29, 0.717) is 0 Å². The maximum atomic E-state index is 4.85. The Morgan fingerprint density at radius 3 is 0.923 bits per heavy atom. The second-order valence-electron chi connectivity index (χ2n) is 2.69. The maximum absolute atomic E-state index is 4.85. The number of hydrogen-bond acceptors (Lipinski definition) is 3. The summed E-state index contributed by atoms with van der Waals surface area (Å²) in [5, 5.41) is 4.72. The summed E-state index contributed by atoms with van der Waals surface area (Å²) in [5.74, 6) is 0. The molecule has 0 saturated carbocycles. The molecule has 0 aromatic carbocycles. The van der Waals surface area contributed by atoms with Gasteiger partial charge in [-0.15, -0.1) is 0 Å². The van der Waals surface area contributed by atoms with E-state index in [1.165, 1.54) is 0 Å². The van der Waals surface area contributed by atoms with Crippen molar-refractivity contribution in [3.8, 4) is 0 Å². The second-order valence-corrected chi connectivity index (χ2v) is 2.69. The van der Waals surface area contributed by atoms with E-state index >= 15 is 0 Å². The van der Waals surface area contributed by atoms with Gasteiger partial charge in [-0.3, -0.25) is 0 Å². The van der Waals surface area contributed by atoms with Gasteiger partial charge in [-0.1, -0.05) is 34.6 Å². The van der Waals surface area contributed by atoms with E-state index in [0.717, 1.165) is 32.7 Å². The fourth-order valence-electron chi connectivity index (χ4n) is 1.25.